The number of hydrogen-bond acceptors (Lipinski definition) is 2. The summed E-state index contributed by atoms with van der Waals surface area (Å²) >= 11 is 5.87. The van der Waals surface area contributed by atoms with Gasteiger partial charge in [-0.3, -0.25) is 4.79 Å². The van der Waals surface area contributed by atoms with Crippen molar-refractivity contribution in [3.05, 3.63) is 58.4 Å². The van der Waals surface area contributed by atoms with Gasteiger partial charge < -0.3 is 10.6 Å². The van der Waals surface area contributed by atoms with Crippen molar-refractivity contribution in [3.8, 4) is 0 Å². The fourth-order valence-corrected chi connectivity index (χ4v) is 2.35. The second kappa shape index (κ2) is 4.96. The summed E-state index contributed by atoms with van der Waals surface area (Å²) in [5.41, 5.74) is 0.739. The van der Waals surface area contributed by atoms with Gasteiger partial charge >= 0.3 is 0 Å². The van der Waals surface area contributed by atoms with Crippen molar-refractivity contribution in [2.24, 2.45) is 0 Å². The number of benzene rings is 2. The smallest absolute Gasteiger partial charge is 0.251 e. The van der Waals surface area contributed by atoms with E-state index < -0.39 is 29.4 Å². The minimum absolute atomic E-state index is 0.304. The van der Waals surface area contributed by atoms with Gasteiger partial charge in [-0.15, -0.1) is 0 Å². The van der Waals surface area contributed by atoms with Gasteiger partial charge in [0.2, 0.25) is 0 Å². The number of anilines is 2. The Morgan fingerprint density at radius 1 is 1.10 bits per heavy atom. The van der Waals surface area contributed by atoms with Gasteiger partial charge in [0.05, 0.1) is 5.69 Å². The van der Waals surface area contributed by atoms with Crippen molar-refractivity contribution in [1.29, 1.82) is 0 Å². The summed E-state index contributed by atoms with van der Waals surface area (Å²) in [4.78, 5) is 11.9. The maximum atomic E-state index is 13.7. The van der Waals surface area contributed by atoms with Crippen LogP contribution in [0.1, 0.15) is 11.6 Å². The Morgan fingerprint density at radius 3 is 2.62 bits per heavy atom. The van der Waals surface area contributed by atoms with Gasteiger partial charge in [-0.05, 0) is 30.3 Å². The molecule has 0 aromatic heterocycles. The van der Waals surface area contributed by atoms with Crippen LogP contribution in [0.15, 0.2) is 30.3 Å². The van der Waals surface area contributed by atoms with Gasteiger partial charge in [0.25, 0.3) is 5.91 Å². The molecule has 1 amide bonds. The quantitative estimate of drug-likeness (QED) is 0.827. The highest BCUT2D eigenvalue weighted by Crippen LogP contribution is 2.35. The van der Waals surface area contributed by atoms with E-state index in [1.807, 2.05) is 0 Å². The fourth-order valence-electron chi connectivity index (χ4n) is 2.17. The van der Waals surface area contributed by atoms with Crippen molar-refractivity contribution in [2.45, 2.75) is 6.04 Å². The molecule has 3 nitrogen and oxygen atoms in total. The standard InChI is InChI=1S/C14H8ClF3N2O/c15-6-1-3-9-7(5-6)13(14(21)20-9)19-10-4-2-8(16)11(17)12(10)18/h1-5,13,19H,(H,20,21). The first-order valence-corrected chi connectivity index (χ1v) is 6.35. The second-order valence-electron chi connectivity index (χ2n) is 4.52. The molecule has 3 rings (SSSR count). The fraction of sp³-hybridized carbons (Fsp3) is 0.0714. The van der Waals surface area contributed by atoms with Crippen molar-refractivity contribution in [3.63, 3.8) is 0 Å². The third-order valence-electron chi connectivity index (χ3n) is 3.18. The summed E-state index contributed by atoms with van der Waals surface area (Å²) in [7, 11) is 0. The van der Waals surface area contributed by atoms with Crippen LogP contribution in [0.3, 0.4) is 0 Å². The lowest BCUT2D eigenvalue weighted by molar-refractivity contribution is -0.116. The molecule has 2 aromatic carbocycles. The van der Waals surface area contributed by atoms with E-state index in [0.29, 0.717) is 16.3 Å². The van der Waals surface area contributed by atoms with Crippen molar-refractivity contribution < 1.29 is 18.0 Å². The van der Waals surface area contributed by atoms with Crippen molar-refractivity contribution in [1.82, 2.24) is 0 Å². The molecule has 1 unspecified atom stereocenters. The van der Waals surface area contributed by atoms with E-state index in [-0.39, 0.29) is 5.69 Å². The zero-order valence-corrected chi connectivity index (χ0v) is 11.1. The normalized spacial score (nSPS) is 16.6. The van der Waals surface area contributed by atoms with E-state index in [1.54, 1.807) is 18.2 Å². The number of carbonyl (C=O) groups excluding carboxylic acids is 1. The van der Waals surface area contributed by atoms with Crippen molar-refractivity contribution >= 4 is 28.9 Å². The molecular formula is C14H8ClF3N2O. The molecule has 2 N–H and O–H groups in total. The summed E-state index contributed by atoms with van der Waals surface area (Å²) < 4.78 is 39.8. The highest BCUT2D eigenvalue weighted by atomic mass is 35.5. The van der Waals surface area contributed by atoms with Crippen LogP contribution in [0.25, 0.3) is 0 Å². The molecule has 0 saturated heterocycles. The van der Waals surface area contributed by atoms with E-state index in [0.717, 1.165) is 12.1 Å². The van der Waals surface area contributed by atoms with Crippen LogP contribution in [-0.2, 0) is 4.79 Å². The SMILES string of the molecule is O=C1Nc2ccc(Cl)cc2C1Nc1ccc(F)c(F)c1F. The molecule has 1 atom stereocenters. The van der Waals surface area contributed by atoms with E-state index in [4.69, 9.17) is 11.6 Å². The zero-order valence-electron chi connectivity index (χ0n) is 10.4. The molecule has 0 spiro atoms. The number of amides is 1. The summed E-state index contributed by atoms with van der Waals surface area (Å²) in [6, 6.07) is 5.64. The first kappa shape index (κ1) is 13.8. The van der Waals surface area contributed by atoms with Crippen LogP contribution in [0.4, 0.5) is 24.5 Å². The third kappa shape index (κ3) is 2.31. The van der Waals surface area contributed by atoms with Crippen molar-refractivity contribution in [2.75, 3.05) is 10.6 Å². The molecule has 21 heavy (non-hydrogen) atoms. The van der Waals surface area contributed by atoms with E-state index in [1.165, 1.54) is 0 Å². The van der Waals surface area contributed by atoms with Crippen LogP contribution in [-0.4, -0.2) is 5.91 Å². The molecule has 1 heterocycles. The molecule has 7 heteroatoms. The molecule has 0 radical (unpaired) electrons. The van der Waals surface area contributed by atoms with Crippen LogP contribution in [0.5, 0.6) is 0 Å². The van der Waals surface area contributed by atoms with E-state index in [2.05, 4.69) is 10.6 Å². The minimum Gasteiger partial charge on any atom is -0.368 e. The Labute approximate surface area is 122 Å². The first-order chi connectivity index (χ1) is 9.97. The molecule has 1 aliphatic rings. The third-order valence-corrected chi connectivity index (χ3v) is 3.41. The number of hydrogen-bond donors (Lipinski definition) is 2. The van der Waals surface area contributed by atoms with Crippen LogP contribution < -0.4 is 10.6 Å². The van der Waals surface area contributed by atoms with E-state index in [9.17, 15) is 18.0 Å². The Bertz CT molecular complexity index is 751. The molecule has 0 saturated carbocycles. The number of halogens is 4. The van der Waals surface area contributed by atoms with Crippen LogP contribution in [0, 0.1) is 17.5 Å². The lowest BCUT2D eigenvalue weighted by atomic mass is 10.1. The first-order valence-electron chi connectivity index (χ1n) is 5.97. The topological polar surface area (TPSA) is 41.1 Å². The second-order valence-corrected chi connectivity index (χ2v) is 4.96. The molecule has 0 bridgehead atoms. The lowest BCUT2D eigenvalue weighted by Crippen LogP contribution is -2.20. The van der Waals surface area contributed by atoms with Gasteiger partial charge in [-0.25, -0.2) is 13.2 Å². The Hall–Kier alpha value is -2.21. The Balaban J connectivity index is 1.98. The maximum Gasteiger partial charge on any atom is 0.251 e. The average Bonchev–Trinajstić information content (AvgIpc) is 2.75. The molecular weight excluding hydrogens is 305 g/mol. The largest absolute Gasteiger partial charge is 0.368 e. The summed E-state index contributed by atoms with van der Waals surface area (Å²) in [5.74, 6) is -4.70. The predicted molar refractivity (Wildman–Crippen MR) is 72.8 cm³/mol. The summed E-state index contributed by atoms with van der Waals surface area (Å²) in [6.45, 7) is 0. The van der Waals surface area contributed by atoms with E-state index >= 15 is 0 Å². The van der Waals surface area contributed by atoms with Gasteiger partial charge in [0, 0.05) is 16.3 Å². The molecule has 108 valence electrons. The average molecular weight is 313 g/mol. The van der Waals surface area contributed by atoms with Gasteiger partial charge in [-0.1, -0.05) is 11.6 Å². The van der Waals surface area contributed by atoms with Gasteiger partial charge in [-0.2, -0.15) is 0 Å². The molecule has 1 aliphatic heterocycles. The highest BCUT2D eigenvalue weighted by molar-refractivity contribution is 6.31. The number of nitrogens with one attached hydrogen (secondary N) is 2. The van der Waals surface area contributed by atoms with Gasteiger partial charge in [0.1, 0.15) is 6.04 Å². The zero-order chi connectivity index (χ0) is 15.1. The molecule has 0 fully saturated rings. The Kier molecular flexibility index (Phi) is 3.25. The number of fused-ring (bicyclic) bond motifs is 1. The molecule has 2 aromatic rings. The predicted octanol–water partition coefficient (Wildman–Crippen LogP) is 3.86. The van der Waals surface area contributed by atoms with Crippen LogP contribution >= 0.6 is 11.6 Å². The monoisotopic (exact) mass is 312 g/mol. The number of rotatable bonds is 2. The van der Waals surface area contributed by atoms with Gasteiger partial charge in [0.15, 0.2) is 17.5 Å². The minimum atomic E-state index is -1.59. The lowest BCUT2D eigenvalue weighted by Gasteiger charge is -2.14. The summed E-state index contributed by atoms with van der Waals surface area (Å²) in [5, 5.41) is 5.55. The Morgan fingerprint density at radius 2 is 1.86 bits per heavy atom. The number of carbonyl (C=O) groups is 1. The summed E-state index contributed by atoms with van der Waals surface area (Å²) in [6.07, 6.45) is 0. The highest BCUT2D eigenvalue weighted by Gasteiger charge is 2.31. The maximum absolute atomic E-state index is 13.7. The molecule has 0 aliphatic carbocycles. The van der Waals surface area contributed by atoms with Crippen LogP contribution in [0.2, 0.25) is 5.02 Å².